The van der Waals surface area contributed by atoms with Gasteiger partial charge in [-0.25, -0.2) is 4.79 Å². The number of hydrogen-bond acceptors (Lipinski definition) is 2. The topological polar surface area (TPSA) is 74.6 Å². The number of carboxylic acid groups (broad SMARTS) is 2. The van der Waals surface area contributed by atoms with Crippen molar-refractivity contribution < 1.29 is 19.8 Å². The van der Waals surface area contributed by atoms with Crippen molar-refractivity contribution in [3.63, 3.8) is 0 Å². The molecule has 3 aliphatic rings. The van der Waals surface area contributed by atoms with Crippen molar-refractivity contribution >= 4 is 24.1 Å². The zero-order valence-electron chi connectivity index (χ0n) is 11.7. The molecule has 0 radical (unpaired) electrons. The largest absolute Gasteiger partial charge is 0.481 e. The SMILES string of the molecule is O=C(O)c1cc2c3c(c1)C=CC1C[C@@H](C(=O)O)C=C(C=C2)C31. The van der Waals surface area contributed by atoms with E-state index in [0.717, 1.165) is 22.3 Å². The molecule has 110 valence electrons. The average molecular weight is 294 g/mol. The van der Waals surface area contributed by atoms with Gasteiger partial charge < -0.3 is 10.2 Å². The Labute approximate surface area is 127 Å². The highest BCUT2D eigenvalue weighted by Crippen LogP contribution is 2.50. The summed E-state index contributed by atoms with van der Waals surface area (Å²) in [5.74, 6) is -1.86. The van der Waals surface area contributed by atoms with Crippen molar-refractivity contribution in [2.24, 2.45) is 11.8 Å². The quantitative estimate of drug-likeness (QED) is 0.878. The van der Waals surface area contributed by atoms with Gasteiger partial charge in [0, 0.05) is 5.92 Å². The minimum atomic E-state index is -0.932. The van der Waals surface area contributed by atoms with Gasteiger partial charge in [0.15, 0.2) is 0 Å². The molecule has 4 rings (SSSR count). The summed E-state index contributed by atoms with van der Waals surface area (Å²) in [5, 5.41) is 18.5. The van der Waals surface area contributed by atoms with Crippen molar-refractivity contribution in [3.05, 3.63) is 58.2 Å². The monoisotopic (exact) mass is 294 g/mol. The van der Waals surface area contributed by atoms with Gasteiger partial charge in [-0.05, 0) is 46.7 Å². The van der Waals surface area contributed by atoms with Gasteiger partial charge in [-0.1, -0.05) is 30.4 Å². The fraction of sp³-hybridized carbons (Fsp3) is 0.222. The van der Waals surface area contributed by atoms with Crippen molar-refractivity contribution in [2.75, 3.05) is 0 Å². The molecule has 1 aromatic rings. The molecule has 0 bridgehead atoms. The number of aromatic carboxylic acids is 1. The van der Waals surface area contributed by atoms with Crippen molar-refractivity contribution in [3.8, 4) is 0 Å². The van der Waals surface area contributed by atoms with Crippen LogP contribution in [0.3, 0.4) is 0 Å². The van der Waals surface area contributed by atoms with Crippen molar-refractivity contribution in [1.29, 1.82) is 0 Å². The molecule has 1 aromatic carbocycles. The first-order valence-electron chi connectivity index (χ1n) is 7.26. The molecule has 22 heavy (non-hydrogen) atoms. The van der Waals surface area contributed by atoms with Crippen LogP contribution in [0.15, 0.2) is 35.9 Å². The minimum Gasteiger partial charge on any atom is -0.481 e. The molecule has 2 N–H and O–H groups in total. The molecule has 0 aromatic heterocycles. The maximum Gasteiger partial charge on any atom is 0.335 e. The molecule has 2 unspecified atom stereocenters. The van der Waals surface area contributed by atoms with Crippen LogP contribution >= 0.6 is 0 Å². The normalized spacial score (nSPS) is 27.1. The lowest BCUT2D eigenvalue weighted by Crippen LogP contribution is -2.29. The van der Waals surface area contributed by atoms with E-state index in [1.807, 2.05) is 30.4 Å². The number of rotatable bonds is 2. The summed E-state index contributed by atoms with van der Waals surface area (Å²) in [6.07, 6.45) is 10.2. The Bertz CT molecular complexity index is 798. The van der Waals surface area contributed by atoms with E-state index in [4.69, 9.17) is 0 Å². The number of benzene rings is 1. The van der Waals surface area contributed by atoms with E-state index >= 15 is 0 Å². The molecule has 4 heteroatoms. The summed E-state index contributed by atoms with van der Waals surface area (Å²) in [7, 11) is 0. The Kier molecular flexibility index (Phi) is 2.64. The van der Waals surface area contributed by atoms with E-state index in [0.29, 0.717) is 6.42 Å². The second-order valence-corrected chi connectivity index (χ2v) is 6.05. The Morgan fingerprint density at radius 2 is 1.77 bits per heavy atom. The van der Waals surface area contributed by atoms with Gasteiger partial charge in [-0.15, -0.1) is 0 Å². The predicted octanol–water partition coefficient (Wildman–Crippen LogP) is 3.17. The smallest absolute Gasteiger partial charge is 0.335 e. The van der Waals surface area contributed by atoms with Crippen molar-refractivity contribution in [2.45, 2.75) is 12.3 Å². The third kappa shape index (κ3) is 1.77. The highest BCUT2D eigenvalue weighted by molar-refractivity contribution is 5.91. The van der Waals surface area contributed by atoms with Crippen LogP contribution in [0.5, 0.6) is 0 Å². The molecular weight excluding hydrogens is 280 g/mol. The lowest BCUT2D eigenvalue weighted by Gasteiger charge is -2.39. The third-order valence-electron chi connectivity index (χ3n) is 4.80. The van der Waals surface area contributed by atoms with Crippen molar-refractivity contribution in [1.82, 2.24) is 0 Å². The molecule has 0 aliphatic heterocycles. The predicted molar refractivity (Wildman–Crippen MR) is 81.5 cm³/mol. The van der Waals surface area contributed by atoms with Gasteiger partial charge in [0.05, 0.1) is 11.5 Å². The molecule has 0 saturated carbocycles. The van der Waals surface area contributed by atoms with Crippen LogP contribution in [0, 0.1) is 11.8 Å². The Morgan fingerprint density at radius 1 is 1.05 bits per heavy atom. The molecule has 4 nitrogen and oxygen atoms in total. The van der Waals surface area contributed by atoms with Gasteiger partial charge in [-0.3, -0.25) is 4.79 Å². The van der Waals surface area contributed by atoms with Gasteiger partial charge >= 0.3 is 11.9 Å². The molecule has 0 heterocycles. The fourth-order valence-corrected chi connectivity index (χ4v) is 3.85. The number of hydrogen-bond donors (Lipinski definition) is 2. The Balaban J connectivity index is 1.91. The van der Waals surface area contributed by atoms with Gasteiger partial charge in [-0.2, -0.15) is 0 Å². The van der Waals surface area contributed by atoms with E-state index in [1.54, 1.807) is 12.1 Å². The molecule has 0 fully saturated rings. The van der Waals surface area contributed by atoms with Crippen LogP contribution in [0.1, 0.15) is 39.4 Å². The van der Waals surface area contributed by atoms with E-state index in [9.17, 15) is 19.8 Å². The highest BCUT2D eigenvalue weighted by atomic mass is 16.4. The summed E-state index contributed by atoms with van der Waals surface area (Å²) in [5.41, 5.74) is 4.31. The van der Waals surface area contributed by atoms with E-state index < -0.39 is 17.9 Å². The van der Waals surface area contributed by atoms with Gasteiger partial charge in [0.2, 0.25) is 0 Å². The maximum atomic E-state index is 11.3. The zero-order chi connectivity index (χ0) is 15.4. The molecule has 3 atom stereocenters. The van der Waals surface area contributed by atoms with E-state index in [1.165, 1.54) is 0 Å². The summed E-state index contributed by atoms with van der Waals surface area (Å²) in [6.45, 7) is 0. The van der Waals surface area contributed by atoms with Crippen LogP contribution in [0.2, 0.25) is 0 Å². The Hall–Kier alpha value is -2.62. The molecule has 3 aliphatic carbocycles. The van der Waals surface area contributed by atoms with Crippen LogP contribution in [0.25, 0.3) is 12.2 Å². The molecule has 0 spiro atoms. The number of aliphatic carboxylic acids is 1. The number of carboxylic acids is 2. The highest BCUT2D eigenvalue weighted by Gasteiger charge is 2.38. The molecule has 0 amide bonds. The van der Waals surface area contributed by atoms with E-state index in [2.05, 4.69) is 0 Å². The standard InChI is InChI=1S/C18H14O4/c19-17(20)13-5-9-1-2-10-6-14(18(21)22)8-12-4-3-11(7-13)15(9)16(10)12/h1-7,12,14,16H,8H2,(H,19,20)(H,21,22)/t12?,14-,16?/m0/s1. The first-order valence-corrected chi connectivity index (χ1v) is 7.26. The summed E-state index contributed by atoms with van der Waals surface area (Å²) >= 11 is 0. The lowest BCUT2D eigenvalue weighted by atomic mass is 9.65. The maximum absolute atomic E-state index is 11.3. The second kappa shape index (κ2) is 4.44. The summed E-state index contributed by atoms with van der Waals surface area (Å²) in [6, 6.07) is 3.40. The van der Waals surface area contributed by atoms with Gasteiger partial charge in [0.25, 0.3) is 0 Å². The van der Waals surface area contributed by atoms with Crippen LogP contribution in [0.4, 0.5) is 0 Å². The molecular formula is C18H14O4. The number of carbonyl (C=O) groups is 2. The minimum absolute atomic E-state index is 0.151. The summed E-state index contributed by atoms with van der Waals surface area (Å²) < 4.78 is 0. The van der Waals surface area contributed by atoms with Gasteiger partial charge in [0.1, 0.15) is 0 Å². The average Bonchev–Trinajstić information content (AvgIpc) is 2.51. The first-order chi connectivity index (χ1) is 10.5. The fourth-order valence-electron chi connectivity index (χ4n) is 3.85. The van der Waals surface area contributed by atoms with Crippen LogP contribution < -0.4 is 0 Å². The van der Waals surface area contributed by atoms with Crippen LogP contribution in [-0.2, 0) is 4.79 Å². The first kappa shape index (κ1) is 13.1. The lowest BCUT2D eigenvalue weighted by molar-refractivity contribution is -0.140. The van der Waals surface area contributed by atoms with Crippen LogP contribution in [-0.4, -0.2) is 22.2 Å². The Morgan fingerprint density at radius 3 is 2.45 bits per heavy atom. The number of allylic oxidation sites excluding steroid dienone is 3. The van der Waals surface area contributed by atoms with E-state index in [-0.39, 0.29) is 17.4 Å². The zero-order valence-corrected chi connectivity index (χ0v) is 11.7. The third-order valence-corrected chi connectivity index (χ3v) is 4.80. The summed E-state index contributed by atoms with van der Waals surface area (Å²) in [4.78, 5) is 22.6. The second-order valence-electron chi connectivity index (χ2n) is 6.05. The molecule has 0 saturated heterocycles.